The molecule has 0 aliphatic heterocycles. The molecule has 0 saturated carbocycles. The van der Waals surface area contributed by atoms with Gasteiger partial charge in [0.2, 0.25) is 10.0 Å². The van der Waals surface area contributed by atoms with E-state index in [2.05, 4.69) is 15.9 Å². The summed E-state index contributed by atoms with van der Waals surface area (Å²) in [6, 6.07) is 5.21. The Morgan fingerprint density at radius 1 is 1.35 bits per heavy atom. The van der Waals surface area contributed by atoms with E-state index in [1.54, 1.807) is 13.8 Å². The van der Waals surface area contributed by atoms with Gasteiger partial charge < -0.3 is 0 Å². The maximum atomic E-state index is 13.5. The molecule has 17 heavy (non-hydrogen) atoms. The first-order valence-electron chi connectivity index (χ1n) is 5.23. The van der Waals surface area contributed by atoms with Crippen LogP contribution in [0.4, 0.5) is 4.39 Å². The molecule has 0 saturated heterocycles. The first-order valence-corrected chi connectivity index (χ1v) is 7.79. The first-order chi connectivity index (χ1) is 7.91. The van der Waals surface area contributed by atoms with Crippen LogP contribution >= 0.6 is 15.9 Å². The molecule has 0 atom stereocenters. The lowest BCUT2D eigenvalue weighted by atomic mass is 10.3. The van der Waals surface area contributed by atoms with E-state index in [0.717, 1.165) is 6.07 Å². The van der Waals surface area contributed by atoms with Crippen LogP contribution in [0.15, 0.2) is 29.2 Å². The predicted molar refractivity (Wildman–Crippen MR) is 69.2 cm³/mol. The van der Waals surface area contributed by atoms with Gasteiger partial charge in [0.05, 0.1) is 0 Å². The average molecular weight is 324 g/mol. The maximum absolute atomic E-state index is 13.5. The van der Waals surface area contributed by atoms with Gasteiger partial charge in [0.1, 0.15) is 10.7 Å². The van der Waals surface area contributed by atoms with E-state index < -0.39 is 15.8 Å². The topological polar surface area (TPSA) is 37.4 Å². The van der Waals surface area contributed by atoms with E-state index in [1.165, 1.54) is 22.5 Å². The van der Waals surface area contributed by atoms with Gasteiger partial charge in [0, 0.05) is 17.9 Å². The largest absolute Gasteiger partial charge is 0.246 e. The van der Waals surface area contributed by atoms with E-state index in [0.29, 0.717) is 11.9 Å². The summed E-state index contributed by atoms with van der Waals surface area (Å²) >= 11 is 3.20. The molecule has 0 amide bonds. The van der Waals surface area contributed by atoms with Crippen molar-refractivity contribution in [1.29, 1.82) is 0 Å². The summed E-state index contributed by atoms with van der Waals surface area (Å²) in [5.41, 5.74) is 0. The Bertz CT molecular complexity index is 476. The molecule has 0 unspecified atom stereocenters. The van der Waals surface area contributed by atoms with Crippen molar-refractivity contribution in [1.82, 2.24) is 4.31 Å². The van der Waals surface area contributed by atoms with Crippen molar-refractivity contribution in [2.24, 2.45) is 0 Å². The average Bonchev–Trinajstić information content (AvgIpc) is 2.25. The highest BCUT2D eigenvalue weighted by molar-refractivity contribution is 9.09. The fourth-order valence-corrected chi connectivity index (χ4v) is 3.84. The van der Waals surface area contributed by atoms with E-state index in [4.69, 9.17) is 0 Å². The summed E-state index contributed by atoms with van der Waals surface area (Å²) in [6.45, 7) is 3.84. The molecule has 0 bridgehead atoms. The van der Waals surface area contributed by atoms with Crippen LogP contribution in [0.1, 0.15) is 13.8 Å². The number of rotatable bonds is 5. The summed E-state index contributed by atoms with van der Waals surface area (Å²) < 4.78 is 39.3. The molecule has 0 aliphatic carbocycles. The third kappa shape index (κ3) is 3.26. The molecular weight excluding hydrogens is 309 g/mol. The zero-order valence-corrected chi connectivity index (χ0v) is 12.1. The number of nitrogens with zero attached hydrogens (tertiary/aromatic N) is 1. The Hall–Kier alpha value is -0.460. The lowest BCUT2D eigenvalue weighted by Gasteiger charge is -2.25. The number of sulfonamides is 1. The van der Waals surface area contributed by atoms with E-state index >= 15 is 0 Å². The predicted octanol–water partition coefficient (Wildman–Crippen LogP) is 2.62. The van der Waals surface area contributed by atoms with Crippen molar-refractivity contribution in [3.63, 3.8) is 0 Å². The molecule has 0 heterocycles. The third-order valence-corrected chi connectivity index (χ3v) is 4.77. The van der Waals surface area contributed by atoms with Gasteiger partial charge in [-0.25, -0.2) is 12.8 Å². The fourth-order valence-electron chi connectivity index (χ4n) is 1.52. The Balaban J connectivity index is 3.22. The van der Waals surface area contributed by atoms with Crippen LogP contribution in [0.25, 0.3) is 0 Å². The summed E-state index contributed by atoms with van der Waals surface area (Å²) in [5, 5.41) is 0.513. The monoisotopic (exact) mass is 323 g/mol. The van der Waals surface area contributed by atoms with Crippen molar-refractivity contribution in [3.8, 4) is 0 Å². The van der Waals surface area contributed by atoms with Crippen LogP contribution in [-0.2, 0) is 10.0 Å². The highest BCUT2D eigenvalue weighted by Gasteiger charge is 2.28. The van der Waals surface area contributed by atoms with Crippen molar-refractivity contribution >= 4 is 26.0 Å². The lowest BCUT2D eigenvalue weighted by Crippen LogP contribution is -2.38. The minimum Gasteiger partial charge on any atom is -0.207 e. The van der Waals surface area contributed by atoms with Crippen LogP contribution in [0, 0.1) is 5.82 Å². The molecule has 1 aromatic rings. The standard InChI is InChI=1S/C11H15BrFNO2S/c1-9(2)14(8-7-12)17(15,16)11-6-4-3-5-10(11)13/h3-6,9H,7-8H2,1-2H3. The Labute approximate surface area is 110 Å². The minimum absolute atomic E-state index is 0.211. The first kappa shape index (κ1) is 14.6. The quantitative estimate of drug-likeness (QED) is 0.781. The van der Waals surface area contributed by atoms with Crippen LogP contribution in [-0.4, -0.2) is 30.6 Å². The van der Waals surface area contributed by atoms with Crippen LogP contribution in [0.3, 0.4) is 0 Å². The molecule has 0 N–H and O–H groups in total. The zero-order chi connectivity index (χ0) is 13.1. The smallest absolute Gasteiger partial charge is 0.207 e. The van der Waals surface area contributed by atoms with Crippen LogP contribution < -0.4 is 0 Å². The second kappa shape index (κ2) is 5.93. The summed E-state index contributed by atoms with van der Waals surface area (Å²) in [4.78, 5) is -0.269. The van der Waals surface area contributed by atoms with E-state index in [-0.39, 0.29) is 10.9 Å². The summed E-state index contributed by atoms with van der Waals surface area (Å²) in [6.07, 6.45) is 0. The van der Waals surface area contributed by atoms with Gasteiger partial charge in [0.15, 0.2) is 0 Å². The second-order valence-corrected chi connectivity index (χ2v) is 6.48. The molecular formula is C11H15BrFNO2S. The Morgan fingerprint density at radius 3 is 2.41 bits per heavy atom. The Morgan fingerprint density at radius 2 is 1.94 bits per heavy atom. The SMILES string of the molecule is CC(C)N(CCBr)S(=O)(=O)c1ccccc1F. The molecule has 0 fully saturated rings. The molecule has 0 spiro atoms. The van der Waals surface area contributed by atoms with Crippen LogP contribution in [0.2, 0.25) is 0 Å². The number of halogens is 2. The highest BCUT2D eigenvalue weighted by atomic mass is 79.9. The van der Waals surface area contributed by atoms with Gasteiger partial charge >= 0.3 is 0 Å². The molecule has 0 aromatic heterocycles. The normalized spacial score (nSPS) is 12.4. The van der Waals surface area contributed by atoms with Gasteiger partial charge in [-0.1, -0.05) is 28.1 Å². The Kier molecular flexibility index (Phi) is 5.09. The fraction of sp³-hybridized carbons (Fsp3) is 0.455. The molecule has 0 radical (unpaired) electrons. The lowest BCUT2D eigenvalue weighted by molar-refractivity contribution is 0.369. The third-order valence-electron chi connectivity index (χ3n) is 2.30. The minimum atomic E-state index is -3.76. The van der Waals surface area contributed by atoms with Crippen molar-refractivity contribution in [2.75, 3.05) is 11.9 Å². The number of hydrogen-bond donors (Lipinski definition) is 0. The summed E-state index contributed by atoms with van der Waals surface area (Å²) in [5.74, 6) is -0.715. The van der Waals surface area contributed by atoms with Crippen molar-refractivity contribution in [3.05, 3.63) is 30.1 Å². The number of hydrogen-bond acceptors (Lipinski definition) is 2. The second-order valence-electron chi connectivity index (χ2n) is 3.83. The van der Waals surface area contributed by atoms with Crippen LogP contribution in [0.5, 0.6) is 0 Å². The van der Waals surface area contributed by atoms with Gasteiger partial charge in [-0.3, -0.25) is 0 Å². The molecule has 6 heteroatoms. The number of alkyl halides is 1. The molecule has 96 valence electrons. The molecule has 1 aromatic carbocycles. The molecule has 3 nitrogen and oxygen atoms in total. The molecule has 0 aliphatic rings. The van der Waals surface area contributed by atoms with E-state index in [9.17, 15) is 12.8 Å². The van der Waals surface area contributed by atoms with Gasteiger partial charge in [-0.2, -0.15) is 4.31 Å². The zero-order valence-electron chi connectivity index (χ0n) is 9.73. The highest BCUT2D eigenvalue weighted by Crippen LogP contribution is 2.20. The maximum Gasteiger partial charge on any atom is 0.246 e. The van der Waals surface area contributed by atoms with Gasteiger partial charge in [-0.15, -0.1) is 0 Å². The number of benzene rings is 1. The van der Waals surface area contributed by atoms with Crippen molar-refractivity contribution in [2.45, 2.75) is 24.8 Å². The van der Waals surface area contributed by atoms with Gasteiger partial charge in [-0.05, 0) is 26.0 Å². The van der Waals surface area contributed by atoms with E-state index in [1.807, 2.05) is 0 Å². The van der Waals surface area contributed by atoms with Crippen molar-refractivity contribution < 1.29 is 12.8 Å². The van der Waals surface area contributed by atoms with Gasteiger partial charge in [0.25, 0.3) is 0 Å². The molecule has 1 rings (SSSR count). The summed E-state index contributed by atoms with van der Waals surface area (Å²) in [7, 11) is -3.76.